The van der Waals surface area contributed by atoms with E-state index in [1.807, 2.05) is 18.7 Å². The first kappa shape index (κ1) is 20.3. The maximum atomic E-state index is 13.2. The molecule has 2 aromatic rings. The SMILES string of the molecule is CCN1CCCN(C(=O)c2cnc3c(c2)N(Cc2c(C)noc2C)C(=O)CN3)CC1. The summed E-state index contributed by atoms with van der Waals surface area (Å²) in [5.41, 5.74) is 2.74. The van der Waals surface area contributed by atoms with Crippen LogP contribution in [0.15, 0.2) is 16.8 Å². The number of aromatic nitrogens is 2. The highest BCUT2D eigenvalue weighted by Gasteiger charge is 2.29. The number of hydrogen-bond acceptors (Lipinski definition) is 7. The Labute approximate surface area is 176 Å². The lowest BCUT2D eigenvalue weighted by molar-refractivity contribution is -0.117. The molecule has 2 aliphatic heterocycles. The molecule has 1 saturated heterocycles. The van der Waals surface area contributed by atoms with Crippen molar-refractivity contribution in [2.45, 2.75) is 33.7 Å². The van der Waals surface area contributed by atoms with Gasteiger partial charge in [0.15, 0.2) is 5.82 Å². The van der Waals surface area contributed by atoms with E-state index in [0.717, 1.165) is 43.9 Å². The highest BCUT2D eigenvalue weighted by molar-refractivity contribution is 6.04. The number of rotatable bonds is 4. The number of carbonyl (C=O) groups excluding carboxylic acids is 2. The minimum absolute atomic E-state index is 0.0430. The summed E-state index contributed by atoms with van der Waals surface area (Å²) in [7, 11) is 0. The molecule has 0 unspecified atom stereocenters. The normalized spacial score (nSPS) is 17.5. The van der Waals surface area contributed by atoms with E-state index in [0.29, 0.717) is 35.9 Å². The Morgan fingerprint density at radius 2 is 2.07 bits per heavy atom. The standard InChI is InChI=1S/C21H28N6O3/c1-4-25-6-5-7-26(9-8-25)21(29)16-10-18-20(22-11-16)23-12-19(28)27(18)13-17-14(2)24-30-15(17)3/h10-11H,4-9,12-13H2,1-3H3,(H,22,23). The Bertz CT molecular complexity index is 937. The number of likely N-dealkylation sites (N-methyl/N-ethyl adjacent to an activating group) is 1. The molecule has 4 heterocycles. The van der Waals surface area contributed by atoms with Crippen LogP contribution in [0.25, 0.3) is 0 Å². The van der Waals surface area contributed by atoms with Gasteiger partial charge in [0, 0.05) is 31.4 Å². The van der Waals surface area contributed by atoms with E-state index in [4.69, 9.17) is 4.52 Å². The molecule has 0 aromatic carbocycles. The quantitative estimate of drug-likeness (QED) is 0.818. The van der Waals surface area contributed by atoms with E-state index < -0.39 is 0 Å². The van der Waals surface area contributed by atoms with Gasteiger partial charge in [0.2, 0.25) is 5.91 Å². The molecule has 9 nitrogen and oxygen atoms in total. The highest BCUT2D eigenvalue weighted by atomic mass is 16.5. The van der Waals surface area contributed by atoms with Gasteiger partial charge in [-0.1, -0.05) is 12.1 Å². The van der Waals surface area contributed by atoms with Crippen LogP contribution >= 0.6 is 0 Å². The van der Waals surface area contributed by atoms with E-state index in [1.165, 1.54) is 0 Å². The summed E-state index contributed by atoms with van der Waals surface area (Å²) in [6.07, 6.45) is 2.55. The van der Waals surface area contributed by atoms with E-state index in [9.17, 15) is 9.59 Å². The molecule has 2 aromatic heterocycles. The summed E-state index contributed by atoms with van der Waals surface area (Å²) in [6, 6.07) is 1.77. The number of hydrogen-bond donors (Lipinski definition) is 1. The van der Waals surface area contributed by atoms with E-state index >= 15 is 0 Å². The summed E-state index contributed by atoms with van der Waals surface area (Å²) in [5.74, 6) is 1.16. The third kappa shape index (κ3) is 3.89. The van der Waals surface area contributed by atoms with Gasteiger partial charge in [-0.2, -0.15) is 0 Å². The van der Waals surface area contributed by atoms with Gasteiger partial charge >= 0.3 is 0 Å². The van der Waals surface area contributed by atoms with Crippen LogP contribution in [0.2, 0.25) is 0 Å². The summed E-state index contributed by atoms with van der Waals surface area (Å²) < 4.78 is 5.25. The molecule has 0 bridgehead atoms. The third-order valence-electron chi connectivity index (χ3n) is 5.93. The molecular weight excluding hydrogens is 384 g/mol. The first-order valence-electron chi connectivity index (χ1n) is 10.5. The number of nitrogens with zero attached hydrogens (tertiary/aromatic N) is 5. The van der Waals surface area contributed by atoms with E-state index in [1.54, 1.807) is 17.2 Å². The Morgan fingerprint density at radius 3 is 2.80 bits per heavy atom. The molecule has 30 heavy (non-hydrogen) atoms. The Balaban J connectivity index is 1.60. The van der Waals surface area contributed by atoms with Gasteiger partial charge < -0.3 is 24.5 Å². The van der Waals surface area contributed by atoms with Crippen LogP contribution in [0, 0.1) is 13.8 Å². The fourth-order valence-electron chi connectivity index (χ4n) is 4.03. The van der Waals surface area contributed by atoms with Crippen molar-refractivity contribution in [3.8, 4) is 0 Å². The number of amides is 2. The second kappa shape index (κ2) is 8.43. The van der Waals surface area contributed by atoms with E-state index in [2.05, 4.69) is 27.3 Å². The summed E-state index contributed by atoms with van der Waals surface area (Å²) in [4.78, 5) is 36.2. The van der Waals surface area contributed by atoms with Gasteiger partial charge in [-0.25, -0.2) is 4.98 Å². The fourth-order valence-corrected chi connectivity index (χ4v) is 4.03. The van der Waals surface area contributed by atoms with Gasteiger partial charge in [0.1, 0.15) is 5.76 Å². The Kier molecular flexibility index (Phi) is 5.72. The molecular formula is C21H28N6O3. The first-order valence-corrected chi connectivity index (χ1v) is 10.5. The maximum Gasteiger partial charge on any atom is 0.255 e. The number of pyridine rings is 1. The van der Waals surface area contributed by atoms with Gasteiger partial charge in [0.05, 0.1) is 30.0 Å². The predicted molar refractivity (Wildman–Crippen MR) is 113 cm³/mol. The lowest BCUT2D eigenvalue weighted by Gasteiger charge is -2.30. The van der Waals surface area contributed by atoms with Crippen molar-refractivity contribution in [2.75, 3.05) is 49.5 Å². The smallest absolute Gasteiger partial charge is 0.255 e. The van der Waals surface area contributed by atoms with Gasteiger partial charge in [-0.15, -0.1) is 0 Å². The fraction of sp³-hybridized carbons (Fsp3) is 0.524. The first-order chi connectivity index (χ1) is 14.5. The number of aryl methyl sites for hydroxylation is 2. The Hall–Kier alpha value is -2.94. The second-order valence-electron chi connectivity index (χ2n) is 7.81. The third-order valence-corrected chi connectivity index (χ3v) is 5.93. The minimum Gasteiger partial charge on any atom is -0.361 e. The van der Waals surface area contributed by atoms with Crippen LogP contribution in [0.5, 0.6) is 0 Å². The van der Waals surface area contributed by atoms with Crippen LogP contribution in [0.1, 0.15) is 40.7 Å². The lowest BCUT2D eigenvalue weighted by atomic mass is 10.1. The molecule has 1 N–H and O–H groups in total. The zero-order valence-corrected chi connectivity index (χ0v) is 17.8. The van der Waals surface area contributed by atoms with Crippen molar-refractivity contribution in [2.24, 2.45) is 0 Å². The van der Waals surface area contributed by atoms with Crippen molar-refractivity contribution in [3.05, 3.63) is 34.8 Å². The lowest BCUT2D eigenvalue weighted by Crippen LogP contribution is -2.40. The molecule has 0 radical (unpaired) electrons. The second-order valence-corrected chi connectivity index (χ2v) is 7.81. The topological polar surface area (TPSA) is 94.8 Å². The van der Waals surface area contributed by atoms with Crippen molar-refractivity contribution in [1.82, 2.24) is 19.9 Å². The average Bonchev–Trinajstić information content (AvgIpc) is 2.95. The van der Waals surface area contributed by atoms with Gasteiger partial charge in [-0.05, 0) is 39.4 Å². The van der Waals surface area contributed by atoms with E-state index in [-0.39, 0.29) is 18.4 Å². The zero-order chi connectivity index (χ0) is 21.3. The Morgan fingerprint density at radius 1 is 1.23 bits per heavy atom. The number of carbonyl (C=O) groups is 2. The van der Waals surface area contributed by atoms with Gasteiger partial charge in [-0.3, -0.25) is 9.59 Å². The van der Waals surface area contributed by atoms with Crippen molar-refractivity contribution in [3.63, 3.8) is 0 Å². The largest absolute Gasteiger partial charge is 0.361 e. The highest BCUT2D eigenvalue weighted by Crippen LogP contribution is 2.31. The van der Waals surface area contributed by atoms with Crippen LogP contribution in [0.3, 0.4) is 0 Å². The van der Waals surface area contributed by atoms with Crippen molar-refractivity contribution in [1.29, 1.82) is 0 Å². The average molecular weight is 412 g/mol. The number of fused-ring (bicyclic) bond motifs is 1. The van der Waals surface area contributed by atoms with Crippen molar-refractivity contribution >= 4 is 23.3 Å². The molecule has 0 atom stereocenters. The van der Waals surface area contributed by atoms with Crippen LogP contribution in [-0.4, -0.2) is 71.0 Å². The summed E-state index contributed by atoms with van der Waals surface area (Å²) in [6.45, 7) is 10.6. The monoisotopic (exact) mass is 412 g/mol. The summed E-state index contributed by atoms with van der Waals surface area (Å²) >= 11 is 0. The number of nitrogens with one attached hydrogen (secondary N) is 1. The maximum absolute atomic E-state index is 13.2. The zero-order valence-electron chi connectivity index (χ0n) is 17.8. The molecule has 9 heteroatoms. The minimum atomic E-state index is -0.0812. The molecule has 1 fully saturated rings. The van der Waals surface area contributed by atoms with Crippen LogP contribution in [0.4, 0.5) is 11.5 Å². The molecule has 4 rings (SSSR count). The molecule has 2 aliphatic rings. The van der Waals surface area contributed by atoms with Crippen LogP contribution < -0.4 is 10.2 Å². The van der Waals surface area contributed by atoms with Gasteiger partial charge in [0.25, 0.3) is 5.91 Å². The molecule has 160 valence electrons. The number of anilines is 2. The van der Waals surface area contributed by atoms with Crippen molar-refractivity contribution < 1.29 is 14.1 Å². The molecule has 2 amide bonds. The molecule has 0 aliphatic carbocycles. The molecule has 0 spiro atoms. The summed E-state index contributed by atoms with van der Waals surface area (Å²) in [5, 5.41) is 7.03. The molecule has 0 saturated carbocycles. The van der Waals surface area contributed by atoms with Crippen LogP contribution in [-0.2, 0) is 11.3 Å². The predicted octanol–water partition coefficient (Wildman–Crippen LogP) is 1.81.